The van der Waals surface area contributed by atoms with Crippen molar-refractivity contribution in [2.75, 3.05) is 0 Å². The van der Waals surface area contributed by atoms with Crippen LogP contribution in [0.1, 0.15) is 48.2 Å². The fourth-order valence-electron chi connectivity index (χ4n) is 2.20. The first-order chi connectivity index (χ1) is 8.13. The molecule has 0 bridgehead atoms. The maximum absolute atomic E-state index is 13.1. The van der Waals surface area contributed by atoms with Crippen molar-refractivity contribution in [3.63, 3.8) is 0 Å². The number of H-pyrrole nitrogens is 1. The summed E-state index contributed by atoms with van der Waals surface area (Å²) in [5, 5.41) is 0. The van der Waals surface area contributed by atoms with Crippen LogP contribution in [0.15, 0.2) is 12.1 Å². The Bertz CT molecular complexity index is 572. The van der Waals surface area contributed by atoms with E-state index in [-0.39, 0.29) is 0 Å². The number of halogens is 1. The predicted octanol–water partition coefficient (Wildman–Crippen LogP) is 2.56. The van der Waals surface area contributed by atoms with Crippen molar-refractivity contribution in [1.82, 2.24) is 15.0 Å². The number of nitrogens with zero attached hydrogens (tertiary/aromatic N) is 2. The molecule has 1 N–H and O–H groups in total. The van der Waals surface area contributed by atoms with E-state index in [0.717, 1.165) is 34.9 Å². The third-order valence-electron chi connectivity index (χ3n) is 3.17. The van der Waals surface area contributed by atoms with Crippen molar-refractivity contribution in [3.05, 3.63) is 46.6 Å². The van der Waals surface area contributed by atoms with Gasteiger partial charge in [-0.3, -0.25) is 0 Å². The first kappa shape index (κ1) is 10.4. The average molecular weight is 231 g/mol. The maximum atomic E-state index is 13.1. The van der Waals surface area contributed by atoms with Gasteiger partial charge < -0.3 is 4.98 Å². The smallest absolute Gasteiger partial charge is 0.213 e. The summed E-state index contributed by atoms with van der Waals surface area (Å²) in [6.45, 7) is 4.21. The quantitative estimate of drug-likeness (QED) is 0.654. The molecule has 2 aromatic rings. The summed E-state index contributed by atoms with van der Waals surface area (Å²) in [6, 6.07) is 3.24. The van der Waals surface area contributed by atoms with E-state index in [4.69, 9.17) is 0 Å². The van der Waals surface area contributed by atoms with Crippen molar-refractivity contribution in [1.29, 1.82) is 0 Å². The van der Waals surface area contributed by atoms with E-state index in [0.29, 0.717) is 12.3 Å². The number of imidazole rings is 1. The van der Waals surface area contributed by atoms with Gasteiger partial charge in [0.1, 0.15) is 5.82 Å². The molecule has 0 unspecified atom stereocenters. The SMILES string of the molecule is CC(C)c1nc2c([nH]1)Cc1ccc(F)nc1C2. The fraction of sp³-hybridized carbons (Fsp3) is 0.385. The lowest BCUT2D eigenvalue weighted by molar-refractivity contribution is 0.575. The Morgan fingerprint density at radius 1 is 1.18 bits per heavy atom. The summed E-state index contributed by atoms with van der Waals surface area (Å²) in [6.07, 6.45) is 1.41. The van der Waals surface area contributed by atoms with Crippen LogP contribution >= 0.6 is 0 Å². The van der Waals surface area contributed by atoms with Crippen LogP contribution in [0.5, 0.6) is 0 Å². The largest absolute Gasteiger partial charge is 0.345 e. The molecule has 0 atom stereocenters. The minimum atomic E-state index is -0.410. The van der Waals surface area contributed by atoms with E-state index in [9.17, 15) is 4.39 Å². The first-order valence-electron chi connectivity index (χ1n) is 5.85. The van der Waals surface area contributed by atoms with Crippen LogP contribution < -0.4 is 0 Å². The summed E-state index contributed by atoms with van der Waals surface area (Å²) in [4.78, 5) is 11.9. The molecule has 0 aliphatic heterocycles. The van der Waals surface area contributed by atoms with E-state index < -0.39 is 5.95 Å². The first-order valence-corrected chi connectivity index (χ1v) is 5.85. The summed E-state index contributed by atoms with van der Waals surface area (Å²) >= 11 is 0. The Balaban J connectivity index is 2.02. The number of nitrogens with one attached hydrogen (secondary N) is 1. The van der Waals surface area contributed by atoms with Crippen LogP contribution in [0.25, 0.3) is 0 Å². The number of fused-ring (bicyclic) bond motifs is 2. The van der Waals surface area contributed by atoms with E-state index >= 15 is 0 Å². The molecule has 1 aliphatic rings. The van der Waals surface area contributed by atoms with Crippen molar-refractivity contribution in [2.45, 2.75) is 32.6 Å². The van der Waals surface area contributed by atoms with Gasteiger partial charge >= 0.3 is 0 Å². The Morgan fingerprint density at radius 3 is 2.76 bits per heavy atom. The topological polar surface area (TPSA) is 41.6 Å². The number of hydrogen-bond acceptors (Lipinski definition) is 2. The molecule has 2 aromatic heterocycles. The second-order valence-corrected chi connectivity index (χ2v) is 4.80. The third-order valence-corrected chi connectivity index (χ3v) is 3.17. The van der Waals surface area contributed by atoms with Gasteiger partial charge in [0.2, 0.25) is 5.95 Å². The molecule has 3 nitrogen and oxygen atoms in total. The van der Waals surface area contributed by atoms with Gasteiger partial charge in [-0.05, 0) is 11.6 Å². The number of aromatic nitrogens is 3. The normalized spacial score (nSPS) is 13.6. The van der Waals surface area contributed by atoms with Crippen molar-refractivity contribution in [2.24, 2.45) is 0 Å². The highest BCUT2D eigenvalue weighted by Crippen LogP contribution is 2.26. The second-order valence-electron chi connectivity index (χ2n) is 4.80. The molecule has 1 aliphatic carbocycles. The van der Waals surface area contributed by atoms with Gasteiger partial charge in [-0.25, -0.2) is 9.97 Å². The molecule has 0 spiro atoms. The minimum Gasteiger partial charge on any atom is -0.345 e. The van der Waals surface area contributed by atoms with Gasteiger partial charge in [0.25, 0.3) is 0 Å². The van der Waals surface area contributed by atoms with Crippen LogP contribution in [0.2, 0.25) is 0 Å². The highest BCUT2D eigenvalue weighted by atomic mass is 19.1. The zero-order valence-electron chi connectivity index (χ0n) is 9.92. The van der Waals surface area contributed by atoms with E-state index in [1.807, 2.05) is 6.07 Å². The molecule has 17 heavy (non-hydrogen) atoms. The van der Waals surface area contributed by atoms with Crippen LogP contribution in [-0.2, 0) is 12.8 Å². The third kappa shape index (κ3) is 1.73. The van der Waals surface area contributed by atoms with Crippen molar-refractivity contribution < 1.29 is 4.39 Å². The number of rotatable bonds is 1. The lowest BCUT2D eigenvalue weighted by atomic mass is 9.97. The Kier molecular flexibility index (Phi) is 2.24. The summed E-state index contributed by atoms with van der Waals surface area (Å²) < 4.78 is 13.1. The van der Waals surface area contributed by atoms with Crippen LogP contribution in [0.4, 0.5) is 4.39 Å². The molecule has 0 saturated heterocycles. The molecule has 88 valence electrons. The molecule has 0 amide bonds. The summed E-state index contributed by atoms with van der Waals surface area (Å²) in [7, 11) is 0. The average Bonchev–Trinajstić information content (AvgIpc) is 2.68. The summed E-state index contributed by atoms with van der Waals surface area (Å²) in [5.74, 6) is 0.975. The van der Waals surface area contributed by atoms with Gasteiger partial charge in [-0.2, -0.15) is 4.39 Å². The van der Waals surface area contributed by atoms with Crippen LogP contribution in [0, 0.1) is 5.95 Å². The molecule has 0 radical (unpaired) electrons. The lowest BCUT2D eigenvalue weighted by Gasteiger charge is -2.13. The monoisotopic (exact) mass is 231 g/mol. The minimum absolute atomic E-state index is 0.383. The molecular weight excluding hydrogens is 217 g/mol. The van der Waals surface area contributed by atoms with Gasteiger partial charge in [0.15, 0.2) is 0 Å². The predicted molar refractivity (Wildman–Crippen MR) is 62.5 cm³/mol. The number of aromatic amines is 1. The van der Waals surface area contributed by atoms with Crippen molar-refractivity contribution in [3.8, 4) is 0 Å². The van der Waals surface area contributed by atoms with Crippen molar-refractivity contribution >= 4 is 0 Å². The maximum Gasteiger partial charge on any atom is 0.213 e. The van der Waals surface area contributed by atoms with Crippen LogP contribution in [-0.4, -0.2) is 15.0 Å². The van der Waals surface area contributed by atoms with E-state index in [2.05, 4.69) is 28.8 Å². The molecular formula is C13H14FN3. The van der Waals surface area contributed by atoms with E-state index in [1.165, 1.54) is 6.07 Å². The summed E-state index contributed by atoms with van der Waals surface area (Å²) in [5.41, 5.74) is 4.08. The second kappa shape index (κ2) is 3.65. The highest BCUT2D eigenvalue weighted by Gasteiger charge is 2.21. The fourth-order valence-corrected chi connectivity index (χ4v) is 2.20. The molecule has 4 heteroatoms. The highest BCUT2D eigenvalue weighted by molar-refractivity contribution is 5.37. The zero-order chi connectivity index (χ0) is 12.0. The molecule has 0 aromatic carbocycles. The Hall–Kier alpha value is -1.71. The molecule has 2 heterocycles. The van der Waals surface area contributed by atoms with Crippen LogP contribution in [0.3, 0.4) is 0 Å². The van der Waals surface area contributed by atoms with Gasteiger partial charge in [-0.15, -0.1) is 0 Å². The van der Waals surface area contributed by atoms with Gasteiger partial charge in [0, 0.05) is 24.5 Å². The molecule has 0 saturated carbocycles. The van der Waals surface area contributed by atoms with E-state index in [1.54, 1.807) is 0 Å². The molecule has 0 fully saturated rings. The Morgan fingerprint density at radius 2 is 2.00 bits per heavy atom. The zero-order valence-corrected chi connectivity index (χ0v) is 9.92. The van der Waals surface area contributed by atoms with Gasteiger partial charge in [0.05, 0.1) is 11.4 Å². The number of pyridine rings is 1. The Labute approximate surface area is 99.1 Å². The number of hydrogen-bond donors (Lipinski definition) is 1. The van der Waals surface area contributed by atoms with Gasteiger partial charge in [-0.1, -0.05) is 19.9 Å². The molecule has 3 rings (SSSR count). The lowest BCUT2D eigenvalue weighted by Crippen LogP contribution is -2.09. The standard InChI is InChI=1S/C13H14FN3/c1-7(2)13-16-10-5-8-3-4-12(14)15-9(8)6-11(10)17-13/h3-4,7H,5-6H2,1-2H3,(H,16,17).